The van der Waals surface area contributed by atoms with Crippen molar-refractivity contribution >= 4 is 23.4 Å². The number of carbonyl (C=O) groups is 2. The summed E-state index contributed by atoms with van der Waals surface area (Å²) in [6.45, 7) is 0.192. The molecule has 2 aromatic carbocycles. The lowest BCUT2D eigenvalue weighted by atomic mass is 10.2. The zero-order valence-electron chi connectivity index (χ0n) is 12.7. The molecular formula is C17H16ClFN2O3. The number of amides is 2. The quantitative estimate of drug-likeness (QED) is 0.753. The molecule has 24 heavy (non-hydrogen) atoms. The molecule has 126 valence electrons. The van der Waals surface area contributed by atoms with Crippen molar-refractivity contribution in [2.75, 3.05) is 19.7 Å². The Balaban J connectivity index is 1.65. The first-order valence-electron chi connectivity index (χ1n) is 7.24. The maximum absolute atomic E-state index is 13.3. The number of hydrogen-bond acceptors (Lipinski definition) is 3. The zero-order chi connectivity index (χ0) is 17.4. The first-order chi connectivity index (χ1) is 11.6. The van der Waals surface area contributed by atoms with Gasteiger partial charge in [0.2, 0.25) is 0 Å². The van der Waals surface area contributed by atoms with E-state index in [1.165, 1.54) is 18.2 Å². The number of rotatable bonds is 7. The fourth-order valence-corrected chi connectivity index (χ4v) is 1.96. The third-order valence-corrected chi connectivity index (χ3v) is 3.29. The van der Waals surface area contributed by atoms with Crippen LogP contribution >= 0.6 is 11.6 Å². The minimum absolute atomic E-state index is 0.0173. The Labute approximate surface area is 143 Å². The van der Waals surface area contributed by atoms with E-state index >= 15 is 0 Å². The highest BCUT2D eigenvalue weighted by Crippen LogP contribution is 2.14. The summed E-state index contributed by atoms with van der Waals surface area (Å²) in [7, 11) is 0. The molecule has 0 radical (unpaired) electrons. The van der Waals surface area contributed by atoms with Gasteiger partial charge in [0, 0.05) is 23.7 Å². The highest BCUT2D eigenvalue weighted by Gasteiger charge is 2.07. The fraction of sp³-hybridized carbons (Fsp3) is 0.176. The monoisotopic (exact) mass is 350 g/mol. The van der Waals surface area contributed by atoms with E-state index < -0.39 is 11.7 Å². The van der Waals surface area contributed by atoms with Crippen LogP contribution in [0.1, 0.15) is 10.4 Å². The maximum Gasteiger partial charge on any atom is 0.258 e. The predicted octanol–water partition coefficient (Wildman–Crippen LogP) is 2.40. The molecule has 5 nitrogen and oxygen atoms in total. The van der Waals surface area contributed by atoms with Gasteiger partial charge in [0.25, 0.3) is 11.8 Å². The topological polar surface area (TPSA) is 67.4 Å². The van der Waals surface area contributed by atoms with Gasteiger partial charge in [-0.05, 0) is 36.4 Å². The second-order valence-corrected chi connectivity index (χ2v) is 5.27. The van der Waals surface area contributed by atoms with Gasteiger partial charge in [0.15, 0.2) is 18.2 Å². The normalized spacial score (nSPS) is 10.1. The highest BCUT2D eigenvalue weighted by atomic mass is 35.5. The molecule has 0 spiro atoms. The Bertz CT molecular complexity index is 707. The average Bonchev–Trinajstić information content (AvgIpc) is 2.58. The molecule has 0 bridgehead atoms. The van der Waals surface area contributed by atoms with Crippen LogP contribution < -0.4 is 15.4 Å². The van der Waals surface area contributed by atoms with E-state index in [0.717, 1.165) is 0 Å². The van der Waals surface area contributed by atoms with Crippen molar-refractivity contribution in [1.82, 2.24) is 10.6 Å². The van der Waals surface area contributed by atoms with Gasteiger partial charge in [0.1, 0.15) is 0 Å². The SMILES string of the molecule is O=C(COc1ccccc1F)NCCNC(=O)c1ccc(Cl)cc1. The fourth-order valence-electron chi connectivity index (χ4n) is 1.84. The van der Waals surface area contributed by atoms with E-state index in [4.69, 9.17) is 16.3 Å². The Morgan fingerprint density at radius 3 is 2.38 bits per heavy atom. The van der Waals surface area contributed by atoms with Crippen molar-refractivity contribution in [3.05, 3.63) is 64.9 Å². The standard InChI is InChI=1S/C17H16ClFN2O3/c18-13-7-5-12(6-8-13)17(23)21-10-9-20-16(22)11-24-15-4-2-1-3-14(15)19/h1-8H,9-11H2,(H,20,22)(H,21,23). The summed E-state index contributed by atoms with van der Waals surface area (Å²) in [5.74, 6) is -1.17. The molecule has 0 aliphatic rings. The summed E-state index contributed by atoms with van der Waals surface area (Å²) >= 11 is 5.75. The van der Waals surface area contributed by atoms with Crippen molar-refractivity contribution in [3.63, 3.8) is 0 Å². The average molecular weight is 351 g/mol. The molecule has 2 aromatic rings. The molecule has 0 saturated heterocycles. The Morgan fingerprint density at radius 2 is 1.67 bits per heavy atom. The van der Waals surface area contributed by atoms with Crippen LogP contribution in [0.3, 0.4) is 0 Å². The first kappa shape index (κ1) is 17.7. The van der Waals surface area contributed by atoms with Gasteiger partial charge in [-0.3, -0.25) is 9.59 Å². The molecular weight excluding hydrogens is 335 g/mol. The number of halogens is 2. The number of hydrogen-bond donors (Lipinski definition) is 2. The van der Waals surface area contributed by atoms with Crippen LogP contribution in [-0.4, -0.2) is 31.5 Å². The van der Waals surface area contributed by atoms with Gasteiger partial charge in [-0.1, -0.05) is 23.7 Å². The first-order valence-corrected chi connectivity index (χ1v) is 7.62. The van der Waals surface area contributed by atoms with Crippen LogP contribution in [0.4, 0.5) is 4.39 Å². The van der Waals surface area contributed by atoms with E-state index in [2.05, 4.69) is 10.6 Å². The molecule has 0 heterocycles. The number of nitrogens with one attached hydrogen (secondary N) is 2. The van der Waals surface area contributed by atoms with Crippen LogP contribution in [0.5, 0.6) is 5.75 Å². The van der Waals surface area contributed by atoms with Crippen molar-refractivity contribution in [1.29, 1.82) is 0 Å². The molecule has 2 N–H and O–H groups in total. The molecule has 0 aromatic heterocycles. The summed E-state index contributed by atoms with van der Waals surface area (Å²) in [5, 5.41) is 5.77. The third kappa shape index (κ3) is 5.55. The van der Waals surface area contributed by atoms with Crippen LogP contribution in [0.2, 0.25) is 5.02 Å². The van der Waals surface area contributed by atoms with E-state index in [0.29, 0.717) is 10.6 Å². The minimum Gasteiger partial charge on any atom is -0.481 e. The van der Waals surface area contributed by atoms with Crippen molar-refractivity contribution in [2.24, 2.45) is 0 Å². The van der Waals surface area contributed by atoms with Crippen molar-refractivity contribution < 1.29 is 18.7 Å². The molecule has 0 atom stereocenters. The molecule has 0 aliphatic heterocycles. The van der Waals surface area contributed by atoms with Gasteiger partial charge in [-0.15, -0.1) is 0 Å². The molecule has 7 heteroatoms. The minimum atomic E-state index is -0.527. The molecule has 2 amide bonds. The van der Waals surface area contributed by atoms with Gasteiger partial charge < -0.3 is 15.4 Å². The molecule has 0 saturated carbocycles. The van der Waals surface area contributed by atoms with Gasteiger partial charge >= 0.3 is 0 Å². The molecule has 0 aliphatic carbocycles. The lowest BCUT2D eigenvalue weighted by Gasteiger charge is -2.09. The van der Waals surface area contributed by atoms with Crippen molar-refractivity contribution in [2.45, 2.75) is 0 Å². The predicted molar refractivity (Wildman–Crippen MR) is 88.7 cm³/mol. The Kier molecular flexibility index (Phi) is 6.57. The van der Waals surface area contributed by atoms with E-state index in [-0.39, 0.29) is 31.4 Å². The summed E-state index contributed by atoms with van der Waals surface area (Å²) < 4.78 is 18.4. The summed E-state index contributed by atoms with van der Waals surface area (Å²) in [5.41, 5.74) is 0.480. The number of benzene rings is 2. The number of para-hydroxylation sites is 1. The van der Waals surface area contributed by atoms with Crippen molar-refractivity contribution in [3.8, 4) is 5.75 Å². The second kappa shape index (κ2) is 8.88. The lowest BCUT2D eigenvalue weighted by Crippen LogP contribution is -2.36. The van der Waals surface area contributed by atoms with Crippen LogP contribution in [0.15, 0.2) is 48.5 Å². The zero-order valence-corrected chi connectivity index (χ0v) is 13.5. The van der Waals surface area contributed by atoms with E-state index in [1.807, 2.05) is 0 Å². The largest absolute Gasteiger partial charge is 0.481 e. The van der Waals surface area contributed by atoms with Crippen LogP contribution in [-0.2, 0) is 4.79 Å². The molecule has 0 unspecified atom stereocenters. The summed E-state index contributed by atoms with van der Waals surface area (Å²) in [6, 6.07) is 12.3. The highest BCUT2D eigenvalue weighted by molar-refractivity contribution is 6.30. The number of carbonyl (C=O) groups excluding carboxylic acids is 2. The molecule has 2 rings (SSSR count). The Morgan fingerprint density at radius 1 is 1.00 bits per heavy atom. The summed E-state index contributed by atoms with van der Waals surface area (Å²) in [6.07, 6.45) is 0. The van der Waals surface area contributed by atoms with Crippen LogP contribution in [0.25, 0.3) is 0 Å². The third-order valence-electron chi connectivity index (χ3n) is 3.03. The summed E-state index contributed by atoms with van der Waals surface area (Å²) in [4.78, 5) is 23.4. The smallest absolute Gasteiger partial charge is 0.258 e. The van der Waals surface area contributed by atoms with Crippen LogP contribution in [0, 0.1) is 5.82 Å². The van der Waals surface area contributed by atoms with Gasteiger partial charge in [-0.25, -0.2) is 4.39 Å². The van der Waals surface area contributed by atoms with Gasteiger partial charge in [0.05, 0.1) is 0 Å². The molecule has 0 fully saturated rings. The maximum atomic E-state index is 13.3. The van der Waals surface area contributed by atoms with E-state index in [1.54, 1.807) is 30.3 Å². The van der Waals surface area contributed by atoms with E-state index in [9.17, 15) is 14.0 Å². The van der Waals surface area contributed by atoms with Gasteiger partial charge in [-0.2, -0.15) is 0 Å². The Hall–Kier alpha value is -2.60. The second-order valence-electron chi connectivity index (χ2n) is 4.83. The lowest BCUT2D eigenvalue weighted by molar-refractivity contribution is -0.123. The number of ether oxygens (including phenoxy) is 1.